The Kier molecular flexibility index (Phi) is 10.1. The molecule has 0 spiro atoms. The number of nitrogens with zero attached hydrogens (tertiary/aromatic N) is 3. The zero-order valence-electron chi connectivity index (χ0n) is 11.5. The maximum Gasteiger partial charge on any atom is 0.0919 e. The summed E-state index contributed by atoms with van der Waals surface area (Å²) in [6.07, 6.45) is 15.8. The van der Waals surface area contributed by atoms with Crippen molar-refractivity contribution in [3.63, 3.8) is 0 Å². The molecular weight excluding hydrogens is 264 g/mol. The topological polar surface area (TPSA) is 86.0 Å². The average Bonchev–Trinajstić information content (AvgIpc) is 3.38. The number of nitrogens with one attached hydrogen (secondary N) is 3. The van der Waals surface area contributed by atoms with Gasteiger partial charge in [-0.25, -0.2) is 4.98 Å². The van der Waals surface area contributed by atoms with Crippen LogP contribution in [0.5, 0.6) is 0 Å². The highest BCUT2D eigenvalue weighted by atomic mass is 15.1. The van der Waals surface area contributed by atoms with Gasteiger partial charge in [-0.05, 0) is 30.3 Å². The van der Waals surface area contributed by atoms with Gasteiger partial charge >= 0.3 is 0 Å². The van der Waals surface area contributed by atoms with E-state index >= 15 is 0 Å². The standard InChI is InChI=1S/C5H5N.C4H5N.2C3H4N2/c1-2-4-6-5-3-1;1-2-4-5-3-1;1-2-5-3-4-1;1-2-4-5-3-1/h1-5H;1-5H;2*1-3H,(H,4,5). The molecule has 21 heavy (non-hydrogen) atoms. The number of aromatic amines is 3. The van der Waals surface area contributed by atoms with E-state index in [1.54, 1.807) is 43.5 Å². The largest absolute Gasteiger partial charge is 0.368 e. The molecule has 0 unspecified atom stereocenters. The number of aromatic nitrogens is 6. The van der Waals surface area contributed by atoms with Crippen LogP contribution in [0.2, 0.25) is 0 Å². The van der Waals surface area contributed by atoms with Crippen LogP contribution >= 0.6 is 0 Å². The Morgan fingerprint density at radius 1 is 0.524 bits per heavy atom. The number of H-pyrrole nitrogens is 3. The first-order valence-electron chi connectivity index (χ1n) is 6.29. The van der Waals surface area contributed by atoms with Crippen LogP contribution in [-0.2, 0) is 0 Å². The maximum absolute atomic E-state index is 3.78. The van der Waals surface area contributed by atoms with Gasteiger partial charge < -0.3 is 9.97 Å². The van der Waals surface area contributed by atoms with Gasteiger partial charge in [0.05, 0.1) is 6.33 Å². The minimum Gasteiger partial charge on any atom is -0.368 e. The molecule has 4 heterocycles. The normalized spacial score (nSPS) is 8.00. The first-order valence-corrected chi connectivity index (χ1v) is 6.29. The zero-order valence-corrected chi connectivity index (χ0v) is 11.5. The third-order valence-corrected chi connectivity index (χ3v) is 1.87. The maximum atomic E-state index is 3.78. The van der Waals surface area contributed by atoms with Crippen LogP contribution in [0.25, 0.3) is 0 Å². The summed E-state index contributed by atoms with van der Waals surface area (Å²) in [5, 5.41) is 6.21. The average molecular weight is 282 g/mol. The molecule has 6 heteroatoms. The molecule has 4 aromatic heterocycles. The van der Waals surface area contributed by atoms with E-state index in [-0.39, 0.29) is 0 Å². The van der Waals surface area contributed by atoms with E-state index in [4.69, 9.17) is 0 Å². The van der Waals surface area contributed by atoms with Crippen molar-refractivity contribution in [1.82, 2.24) is 30.1 Å². The first kappa shape index (κ1) is 15.9. The number of hydrogen-bond acceptors (Lipinski definition) is 3. The molecule has 0 fully saturated rings. The molecular formula is C15H18N6. The smallest absolute Gasteiger partial charge is 0.0919 e. The van der Waals surface area contributed by atoms with Gasteiger partial charge in [-0.3, -0.25) is 10.1 Å². The summed E-state index contributed by atoms with van der Waals surface area (Å²) < 4.78 is 0. The van der Waals surface area contributed by atoms with Gasteiger partial charge in [0.25, 0.3) is 0 Å². The molecule has 0 aliphatic carbocycles. The Morgan fingerprint density at radius 2 is 1.33 bits per heavy atom. The van der Waals surface area contributed by atoms with E-state index in [0.29, 0.717) is 0 Å². The molecule has 0 atom stereocenters. The first-order chi connectivity index (χ1) is 10.5. The lowest BCUT2D eigenvalue weighted by atomic mass is 10.5. The summed E-state index contributed by atoms with van der Waals surface area (Å²) in [6, 6.07) is 11.4. The van der Waals surface area contributed by atoms with Gasteiger partial charge in [0.15, 0.2) is 0 Å². The van der Waals surface area contributed by atoms with E-state index in [1.807, 2.05) is 48.8 Å². The molecule has 4 aromatic rings. The fraction of sp³-hybridized carbons (Fsp3) is 0. The Labute approximate surface area is 123 Å². The summed E-state index contributed by atoms with van der Waals surface area (Å²) >= 11 is 0. The minimum absolute atomic E-state index is 1.62. The molecule has 0 aromatic carbocycles. The van der Waals surface area contributed by atoms with E-state index in [1.165, 1.54) is 0 Å². The van der Waals surface area contributed by atoms with E-state index in [0.717, 1.165) is 0 Å². The number of rotatable bonds is 0. The SMILES string of the molecule is c1c[nH]cn1.c1cc[nH]c1.c1ccncc1.c1cn[nH]c1. The fourth-order valence-corrected chi connectivity index (χ4v) is 1.02. The molecule has 108 valence electrons. The predicted molar refractivity (Wildman–Crippen MR) is 82.2 cm³/mol. The van der Waals surface area contributed by atoms with Gasteiger partial charge in [0, 0.05) is 49.6 Å². The van der Waals surface area contributed by atoms with Crippen LogP contribution < -0.4 is 0 Å². The van der Waals surface area contributed by atoms with Crippen LogP contribution in [0, 0.1) is 0 Å². The van der Waals surface area contributed by atoms with Crippen molar-refractivity contribution >= 4 is 0 Å². The van der Waals surface area contributed by atoms with Crippen molar-refractivity contribution < 1.29 is 0 Å². The number of pyridine rings is 1. The van der Waals surface area contributed by atoms with Crippen molar-refractivity contribution in [2.45, 2.75) is 0 Å². The number of hydrogen-bond donors (Lipinski definition) is 3. The molecule has 0 radical (unpaired) electrons. The van der Waals surface area contributed by atoms with Crippen LogP contribution in [0.1, 0.15) is 0 Å². The summed E-state index contributed by atoms with van der Waals surface area (Å²) in [7, 11) is 0. The lowest BCUT2D eigenvalue weighted by Gasteiger charge is -1.70. The lowest BCUT2D eigenvalue weighted by Crippen LogP contribution is -1.58. The minimum atomic E-state index is 1.62. The molecule has 6 nitrogen and oxygen atoms in total. The second-order valence-electron chi connectivity index (χ2n) is 3.44. The third kappa shape index (κ3) is 11.7. The molecule has 0 saturated heterocycles. The second kappa shape index (κ2) is 13.3. The second-order valence-corrected chi connectivity index (χ2v) is 3.44. The Balaban J connectivity index is 0.000000140. The Bertz CT molecular complexity index is 417. The van der Waals surface area contributed by atoms with E-state index < -0.39 is 0 Å². The Morgan fingerprint density at radius 3 is 1.52 bits per heavy atom. The summed E-state index contributed by atoms with van der Waals surface area (Å²) in [5.74, 6) is 0. The lowest BCUT2D eigenvalue weighted by molar-refractivity contribution is 1.09. The highest BCUT2D eigenvalue weighted by Gasteiger charge is 1.59. The monoisotopic (exact) mass is 282 g/mol. The summed E-state index contributed by atoms with van der Waals surface area (Å²) in [4.78, 5) is 13.1. The molecule has 0 saturated carbocycles. The molecule has 0 bridgehead atoms. The highest BCUT2D eigenvalue weighted by molar-refractivity contribution is 4.88. The van der Waals surface area contributed by atoms with Crippen molar-refractivity contribution in [1.29, 1.82) is 0 Å². The quantitative estimate of drug-likeness (QED) is 0.463. The van der Waals surface area contributed by atoms with Crippen molar-refractivity contribution in [3.05, 3.63) is 92.3 Å². The number of imidazole rings is 1. The van der Waals surface area contributed by atoms with Crippen LogP contribution in [0.4, 0.5) is 0 Å². The van der Waals surface area contributed by atoms with Crippen LogP contribution in [0.3, 0.4) is 0 Å². The predicted octanol–water partition coefficient (Wildman–Crippen LogP) is 2.92. The van der Waals surface area contributed by atoms with Gasteiger partial charge in [0.1, 0.15) is 0 Å². The van der Waals surface area contributed by atoms with Crippen molar-refractivity contribution in [2.24, 2.45) is 0 Å². The van der Waals surface area contributed by atoms with Gasteiger partial charge in [-0.2, -0.15) is 5.10 Å². The molecule has 3 N–H and O–H groups in total. The van der Waals surface area contributed by atoms with Crippen molar-refractivity contribution in [3.8, 4) is 0 Å². The Hall–Kier alpha value is -3.15. The molecule has 0 aliphatic heterocycles. The summed E-state index contributed by atoms with van der Waals surface area (Å²) in [6.45, 7) is 0. The van der Waals surface area contributed by atoms with Crippen LogP contribution in [-0.4, -0.2) is 30.1 Å². The van der Waals surface area contributed by atoms with Crippen LogP contribution in [0.15, 0.2) is 92.3 Å². The van der Waals surface area contributed by atoms with Crippen molar-refractivity contribution in [2.75, 3.05) is 0 Å². The summed E-state index contributed by atoms with van der Waals surface area (Å²) in [5.41, 5.74) is 0. The van der Waals surface area contributed by atoms with Gasteiger partial charge in [-0.1, -0.05) is 6.07 Å². The molecule has 0 amide bonds. The fourth-order valence-electron chi connectivity index (χ4n) is 1.02. The third-order valence-electron chi connectivity index (χ3n) is 1.87. The van der Waals surface area contributed by atoms with E-state index in [9.17, 15) is 0 Å². The highest BCUT2D eigenvalue weighted by Crippen LogP contribution is 1.73. The van der Waals surface area contributed by atoms with Gasteiger partial charge in [-0.15, -0.1) is 0 Å². The zero-order chi connectivity index (χ0) is 14.8. The van der Waals surface area contributed by atoms with E-state index in [2.05, 4.69) is 30.1 Å². The van der Waals surface area contributed by atoms with Gasteiger partial charge in [0.2, 0.25) is 0 Å². The molecule has 0 aliphatic rings. The molecule has 4 rings (SSSR count).